The van der Waals surface area contributed by atoms with Crippen LogP contribution in [0.4, 0.5) is 0 Å². The van der Waals surface area contributed by atoms with Crippen LogP contribution in [0, 0.1) is 20.8 Å². The van der Waals surface area contributed by atoms with Crippen molar-refractivity contribution in [3.63, 3.8) is 0 Å². The molecule has 0 spiro atoms. The van der Waals surface area contributed by atoms with Crippen molar-refractivity contribution in [1.29, 1.82) is 0 Å². The number of benzene rings is 2. The second kappa shape index (κ2) is 13.8. The summed E-state index contributed by atoms with van der Waals surface area (Å²) < 4.78 is 0. The van der Waals surface area contributed by atoms with E-state index in [-0.39, 0.29) is 7.92 Å². The fourth-order valence-electron chi connectivity index (χ4n) is 5.92. The Morgan fingerprint density at radius 3 is 1.88 bits per heavy atom. The molecule has 1 unspecified atom stereocenters. The third-order valence-corrected chi connectivity index (χ3v) is 11.5. The summed E-state index contributed by atoms with van der Waals surface area (Å²) >= 11 is 0. The summed E-state index contributed by atoms with van der Waals surface area (Å²) in [5, 5.41) is 3.44. The average Bonchev–Trinajstić information content (AvgIpc) is 2.86. The van der Waals surface area contributed by atoms with Crippen LogP contribution in [-0.4, -0.2) is 5.66 Å². The molecule has 188 valence electrons. The lowest BCUT2D eigenvalue weighted by atomic mass is 9.91. The molecule has 0 bridgehead atoms. The SMILES string of the molecule is CCCCc1ccc(P(c2ccc(C)c(C)c2C)C2CCCCC2)c(CCCC)c1CCCC. The molecule has 1 atom stereocenters. The molecule has 0 amide bonds. The smallest absolute Gasteiger partial charge is 0.0129 e. The Balaban J connectivity index is 2.21. The van der Waals surface area contributed by atoms with E-state index < -0.39 is 0 Å². The zero-order valence-corrected chi connectivity index (χ0v) is 24.1. The van der Waals surface area contributed by atoms with Crippen LogP contribution in [0.5, 0.6) is 0 Å². The molecule has 0 N–H and O–H groups in total. The molecule has 2 aromatic rings. The maximum absolute atomic E-state index is 2.63. The van der Waals surface area contributed by atoms with Crippen molar-refractivity contribution in [2.24, 2.45) is 0 Å². The molecule has 0 nitrogen and oxygen atoms in total. The van der Waals surface area contributed by atoms with Crippen molar-refractivity contribution >= 4 is 18.5 Å². The largest absolute Gasteiger partial charge is 0.0654 e. The van der Waals surface area contributed by atoms with Crippen LogP contribution in [0.15, 0.2) is 24.3 Å². The van der Waals surface area contributed by atoms with Crippen LogP contribution in [0.1, 0.15) is 125 Å². The third-order valence-electron chi connectivity index (χ3n) is 8.35. The minimum Gasteiger partial charge on any atom is -0.0654 e. The maximum Gasteiger partial charge on any atom is -0.0129 e. The van der Waals surface area contributed by atoms with E-state index in [0.29, 0.717) is 0 Å². The molecule has 0 radical (unpaired) electrons. The molecule has 1 aliphatic rings. The summed E-state index contributed by atoms with van der Waals surface area (Å²) in [4.78, 5) is 0. The molecule has 0 heterocycles. The number of unbranched alkanes of at least 4 members (excludes halogenated alkanes) is 3. The summed E-state index contributed by atoms with van der Waals surface area (Å²) in [5.41, 5.74) is 10.6. The summed E-state index contributed by atoms with van der Waals surface area (Å²) in [7, 11) is -0.312. The van der Waals surface area contributed by atoms with E-state index in [9.17, 15) is 0 Å². The molecule has 0 aliphatic heterocycles. The number of hydrogen-bond donors (Lipinski definition) is 0. The van der Waals surface area contributed by atoms with Gasteiger partial charge < -0.3 is 0 Å². The standard InChI is InChI=1S/C33H51P/c1-7-10-16-28-22-24-33(31(20-12-9-3)30(28)19-11-8-2)34(29-17-14-13-15-18-29)32-23-21-25(4)26(5)27(32)6/h21-24,29H,7-20H2,1-6H3. The lowest BCUT2D eigenvalue weighted by Gasteiger charge is -2.35. The molecule has 1 fully saturated rings. The first kappa shape index (κ1) is 27.5. The first-order chi connectivity index (χ1) is 16.5. The van der Waals surface area contributed by atoms with Gasteiger partial charge in [-0.15, -0.1) is 0 Å². The first-order valence-corrected chi connectivity index (χ1v) is 15.9. The minimum atomic E-state index is -0.312. The van der Waals surface area contributed by atoms with Gasteiger partial charge in [-0.25, -0.2) is 0 Å². The summed E-state index contributed by atoms with van der Waals surface area (Å²) in [6.07, 6.45) is 18.8. The van der Waals surface area contributed by atoms with Crippen molar-refractivity contribution in [3.8, 4) is 0 Å². The van der Waals surface area contributed by atoms with E-state index in [1.165, 1.54) is 101 Å². The van der Waals surface area contributed by atoms with Gasteiger partial charge in [0.1, 0.15) is 0 Å². The fraction of sp³-hybridized carbons (Fsp3) is 0.636. The van der Waals surface area contributed by atoms with Gasteiger partial charge in [-0.1, -0.05) is 83.6 Å². The van der Waals surface area contributed by atoms with Crippen LogP contribution in [-0.2, 0) is 19.3 Å². The monoisotopic (exact) mass is 478 g/mol. The van der Waals surface area contributed by atoms with E-state index in [1.54, 1.807) is 32.9 Å². The molecule has 0 aromatic heterocycles. The quantitative estimate of drug-likeness (QED) is 0.266. The second-order valence-corrected chi connectivity index (χ2v) is 13.3. The average molecular weight is 479 g/mol. The molecule has 1 heteroatoms. The predicted molar refractivity (Wildman–Crippen MR) is 156 cm³/mol. The van der Waals surface area contributed by atoms with E-state index in [0.717, 1.165) is 5.66 Å². The van der Waals surface area contributed by atoms with Gasteiger partial charge in [0.05, 0.1) is 0 Å². The van der Waals surface area contributed by atoms with Gasteiger partial charge in [-0.05, 0) is 130 Å². The lowest BCUT2D eigenvalue weighted by Crippen LogP contribution is -2.29. The number of hydrogen-bond acceptors (Lipinski definition) is 0. The Labute approximate surface area is 213 Å². The Morgan fingerprint density at radius 1 is 0.647 bits per heavy atom. The van der Waals surface area contributed by atoms with Gasteiger partial charge in [-0.3, -0.25) is 0 Å². The van der Waals surface area contributed by atoms with Crippen molar-refractivity contribution in [3.05, 3.63) is 57.6 Å². The van der Waals surface area contributed by atoms with Crippen LogP contribution >= 0.6 is 7.92 Å². The highest BCUT2D eigenvalue weighted by Gasteiger charge is 2.30. The summed E-state index contributed by atoms with van der Waals surface area (Å²) in [6.45, 7) is 14.1. The van der Waals surface area contributed by atoms with Gasteiger partial charge in [0.15, 0.2) is 0 Å². The van der Waals surface area contributed by atoms with Gasteiger partial charge in [0.25, 0.3) is 0 Å². The summed E-state index contributed by atoms with van der Waals surface area (Å²) in [5.74, 6) is 0. The lowest BCUT2D eigenvalue weighted by molar-refractivity contribution is 0.513. The second-order valence-electron chi connectivity index (χ2n) is 10.8. The normalized spacial score (nSPS) is 15.6. The van der Waals surface area contributed by atoms with Crippen LogP contribution in [0.2, 0.25) is 0 Å². The molecule has 0 saturated heterocycles. The Morgan fingerprint density at radius 2 is 1.24 bits per heavy atom. The van der Waals surface area contributed by atoms with Crippen LogP contribution < -0.4 is 10.6 Å². The van der Waals surface area contributed by atoms with E-state index in [2.05, 4.69) is 65.8 Å². The molecule has 34 heavy (non-hydrogen) atoms. The third kappa shape index (κ3) is 6.55. The highest BCUT2D eigenvalue weighted by Crippen LogP contribution is 2.49. The zero-order valence-electron chi connectivity index (χ0n) is 23.2. The maximum atomic E-state index is 2.63. The number of aryl methyl sites for hydroxylation is 2. The molecule has 1 aliphatic carbocycles. The Bertz CT molecular complexity index is 903. The van der Waals surface area contributed by atoms with Gasteiger partial charge in [-0.2, -0.15) is 0 Å². The highest BCUT2D eigenvalue weighted by molar-refractivity contribution is 7.73. The van der Waals surface area contributed by atoms with Crippen LogP contribution in [0.3, 0.4) is 0 Å². The number of rotatable bonds is 12. The molecule has 1 saturated carbocycles. The Hall–Kier alpha value is -1.13. The van der Waals surface area contributed by atoms with Gasteiger partial charge in [0, 0.05) is 0 Å². The van der Waals surface area contributed by atoms with E-state index in [4.69, 9.17) is 0 Å². The van der Waals surface area contributed by atoms with Gasteiger partial charge >= 0.3 is 0 Å². The topological polar surface area (TPSA) is 0 Å². The summed E-state index contributed by atoms with van der Waals surface area (Å²) in [6, 6.07) is 10.1. The zero-order chi connectivity index (χ0) is 24.5. The molecular weight excluding hydrogens is 427 g/mol. The van der Waals surface area contributed by atoms with Crippen molar-refractivity contribution < 1.29 is 0 Å². The first-order valence-electron chi connectivity index (χ1n) is 14.5. The molecular formula is C33H51P. The Kier molecular flexibility index (Phi) is 11.2. The van der Waals surface area contributed by atoms with Crippen molar-refractivity contribution in [2.45, 2.75) is 137 Å². The van der Waals surface area contributed by atoms with E-state index in [1.807, 2.05) is 0 Å². The molecule has 2 aromatic carbocycles. The van der Waals surface area contributed by atoms with Crippen LogP contribution in [0.25, 0.3) is 0 Å². The van der Waals surface area contributed by atoms with Crippen molar-refractivity contribution in [2.75, 3.05) is 0 Å². The van der Waals surface area contributed by atoms with E-state index >= 15 is 0 Å². The fourth-order valence-corrected chi connectivity index (χ4v) is 9.38. The minimum absolute atomic E-state index is 0.312. The van der Waals surface area contributed by atoms with Crippen molar-refractivity contribution in [1.82, 2.24) is 0 Å². The van der Waals surface area contributed by atoms with Gasteiger partial charge in [0.2, 0.25) is 0 Å². The predicted octanol–water partition coefficient (Wildman–Crippen LogP) is 9.41. The highest BCUT2D eigenvalue weighted by atomic mass is 31.1. The molecule has 3 rings (SSSR count).